The Bertz CT molecular complexity index is 1140. The van der Waals surface area contributed by atoms with Gasteiger partial charge in [0.05, 0.1) is 4.90 Å². The lowest BCUT2D eigenvalue weighted by Crippen LogP contribution is -2.52. The van der Waals surface area contributed by atoms with Crippen molar-refractivity contribution in [3.63, 3.8) is 0 Å². The topological polar surface area (TPSA) is 79.7 Å². The average molecular weight is 442 g/mol. The molecule has 1 aromatic heterocycles. The van der Waals surface area contributed by atoms with E-state index in [2.05, 4.69) is 0 Å². The molecule has 3 aliphatic rings. The fraction of sp³-hybridized carbons (Fsp3) is 0.478. The fourth-order valence-corrected chi connectivity index (χ4v) is 6.91. The summed E-state index contributed by atoms with van der Waals surface area (Å²) in [6.45, 7) is 2.72. The minimum absolute atomic E-state index is 0.0407. The number of likely N-dealkylation sites (tertiary alicyclic amines) is 1. The molecule has 0 saturated carbocycles. The van der Waals surface area contributed by atoms with Crippen LogP contribution in [-0.4, -0.2) is 54.3 Å². The van der Waals surface area contributed by atoms with Crippen LogP contribution in [0.25, 0.3) is 0 Å². The van der Waals surface area contributed by atoms with Gasteiger partial charge in [0, 0.05) is 56.3 Å². The molecule has 1 amide bonds. The van der Waals surface area contributed by atoms with Crippen LogP contribution < -0.4 is 5.56 Å². The van der Waals surface area contributed by atoms with Gasteiger partial charge < -0.3 is 9.47 Å². The van der Waals surface area contributed by atoms with E-state index in [0.717, 1.165) is 12.1 Å². The molecule has 2 fully saturated rings. The van der Waals surface area contributed by atoms with E-state index >= 15 is 0 Å². The highest BCUT2D eigenvalue weighted by Crippen LogP contribution is 2.36. The lowest BCUT2D eigenvalue weighted by Gasteiger charge is -2.44. The molecule has 4 heterocycles. The van der Waals surface area contributed by atoms with Crippen molar-refractivity contribution in [1.82, 2.24) is 13.8 Å². The first kappa shape index (κ1) is 20.5. The average Bonchev–Trinajstić information content (AvgIpc) is 2.80. The highest BCUT2D eigenvalue weighted by Gasteiger charge is 2.39. The Morgan fingerprint density at radius 3 is 2.39 bits per heavy atom. The Hall–Kier alpha value is -2.45. The van der Waals surface area contributed by atoms with Gasteiger partial charge >= 0.3 is 0 Å². The SMILES string of the molecule is O=C(C1CCN(S(=O)(=O)c2ccccc2)CC1)N1CC2C[C@@H](C1)Cn1c2cccc1=O. The highest BCUT2D eigenvalue weighted by molar-refractivity contribution is 7.89. The number of pyridine rings is 1. The molecule has 8 heteroatoms. The van der Waals surface area contributed by atoms with E-state index in [0.29, 0.717) is 56.4 Å². The van der Waals surface area contributed by atoms with Crippen LogP contribution in [0, 0.1) is 11.8 Å². The van der Waals surface area contributed by atoms with E-state index in [4.69, 9.17) is 0 Å². The van der Waals surface area contributed by atoms with Gasteiger partial charge in [-0.15, -0.1) is 0 Å². The summed E-state index contributed by atoms with van der Waals surface area (Å²) in [5.74, 6) is 0.495. The van der Waals surface area contributed by atoms with Crippen molar-refractivity contribution in [3.8, 4) is 0 Å². The molecule has 5 rings (SSSR count). The zero-order chi connectivity index (χ0) is 21.6. The monoisotopic (exact) mass is 441 g/mol. The molecule has 31 heavy (non-hydrogen) atoms. The summed E-state index contributed by atoms with van der Waals surface area (Å²) >= 11 is 0. The second-order valence-corrected chi connectivity index (χ2v) is 10.9. The number of amides is 1. The predicted molar refractivity (Wildman–Crippen MR) is 116 cm³/mol. The quantitative estimate of drug-likeness (QED) is 0.729. The standard InChI is InChI=1S/C23H27N3O4S/c27-22-8-4-7-21-19-13-17(15-26(21)22)14-24(16-19)23(28)18-9-11-25(12-10-18)31(29,30)20-5-2-1-3-6-20/h1-8,17-19H,9-16H2/t17-,19?/m0/s1. The van der Waals surface area contributed by atoms with Gasteiger partial charge in [-0.25, -0.2) is 8.42 Å². The summed E-state index contributed by atoms with van der Waals surface area (Å²) in [4.78, 5) is 27.7. The maximum atomic E-state index is 13.3. The van der Waals surface area contributed by atoms with E-state index in [1.165, 1.54) is 4.31 Å². The van der Waals surface area contributed by atoms with Gasteiger partial charge in [-0.3, -0.25) is 9.59 Å². The third kappa shape index (κ3) is 3.72. The second kappa shape index (κ2) is 7.91. The van der Waals surface area contributed by atoms with Gasteiger partial charge in [-0.2, -0.15) is 4.31 Å². The molecule has 1 unspecified atom stereocenters. The lowest BCUT2D eigenvalue weighted by atomic mass is 9.82. The molecule has 2 atom stereocenters. The molecule has 3 aliphatic heterocycles. The number of nitrogens with zero attached hydrogens (tertiary/aromatic N) is 3. The van der Waals surface area contributed by atoms with Crippen LogP contribution in [0.1, 0.15) is 30.9 Å². The molecule has 0 N–H and O–H groups in total. The maximum Gasteiger partial charge on any atom is 0.250 e. The van der Waals surface area contributed by atoms with Crippen LogP contribution >= 0.6 is 0 Å². The van der Waals surface area contributed by atoms with Crippen LogP contribution in [0.3, 0.4) is 0 Å². The van der Waals surface area contributed by atoms with E-state index in [1.807, 2.05) is 15.5 Å². The maximum absolute atomic E-state index is 13.3. The number of fused-ring (bicyclic) bond motifs is 4. The first-order valence-corrected chi connectivity index (χ1v) is 12.4. The number of carbonyl (C=O) groups is 1. The van der Waals surface area contributed by atoms with Gasteiger partial charge in [-0.1, -0.05) is 24.3 Å². The Kier molecular flexibility index (Phi) is 5.22. The van der Waals surface area contributed by atoms with Crippen molar-refractivity contribution in [2.75, 3.05) is 26.2 Å². The largest absolute Gasteiger partial charge is 0.341 e. The number of piperidine rings is 2. The number of carbonyl (C=O) groups excluding carboxylic acids is 1. The first-order chi connectivity index (χ1) is 14.9. The summed E-state index contributed by atoms with van der Waals surface area (Å²) in [5, 5.41) is 0. The number of aromatic nitrogens is 1. The molecule has 2 aromatic rings. The second-order valence-electron chi connectivity index (χ2n) is 8.93. The van der Waals surface area contributed by atoms with Crippen molar-refractivity contribution in [1.29, 1.82) is 0 Å². The molecule has 7 nitrogen and oxygen atoms in total. The molecule has 0 spiro atoms. The summed E-state index contributed by atoms with van der Waals surface area (Å²) in [6.07, 6.45) is 2.11. The zero-order valence-corrected chi connectivity index (χ0v) is 18.2. The van der Waals surface area contributed by atoms with Crippen molar-refractivity contribution >= 4 is 15.9 Å². The Balaban J connectivity index is 1.25. The van der Waals surface area contributed by atoms with Crippen molar-refractivity contribution in [3.05, 3.63) is 64.6 Å². The Morgan fingerprint density at radius 1 is 0.903 bits per heavy atom. The van der Waals surface area contributed by atoms with E-state index in [1.54, 1.807) is 42.5 Å². The van der Waals surface area contributed by atoms with E-state index in [9.17, 15) is 18.0 Å². The zero-order valence-electron chi connectivity index (χ0n) is 17.4. The van der Waals surface area contributed by atoms with Gasteiger partial charge in [0.1, 0.15) is 0 Å². The minimum Gasteiger partial charge on any atom is -0.341 e. The normalized spacial score (nSPS) is 24.6. The molecule has 2 bridgehead atoms. The van der Waals surface area contributed by atoms with Crippen molar-refractivity contribution in [2.45, 2.75) is 36.6 Å². The third-order valence-corrected chi connectivity index (χ3v) is 8.89. The lowest BCUT2D eigenvalue weighted by molar-refractivity contribution is -0.139. The van der Waals surface area contributed by atoms with E-state index in [-0.39, 0.29) is 23.3 Å². The number of hydrogen-bond acceptors (Lipinski definition) is 4. The number of hydrogen-bond donors (Lipinski definition) is 0. The molecule has 1 aromatic carbocycles. The summed E-state index contributed by atoms with van der Waals surface area (Å²) in [6, 6.07) is 13.9. The van der Waals surface area contributed by atoms with Crippen LogP contribution in [0.5, 0.6) is 0 Å². The first-order valence-electron chi connectivity index (χ1n) is 11.0. The predicted octanol–water partition coefficient (Wildman–Crippen LogP) is 1.89. The van der Waals surface area contributed by atoms with Crippen molar-refractivity contribution < 1.29 is 13.2 Å². The molecular weight excluding hydrogens is 414 g/mol. The van der Waals surface area contributed by atoms with Gasteiger partial charge in [0.2, 0.25) is 15.9 Å². The van der Waals surface area contributed by atoms with Crippen LogP contribution in [0.2, 0.25) is 0 Å². The molecular formula is C23H27N3O4S. The highest BCUT2D eigenvalue weighted by atomic mass is 32.2. The smallest absolute Gasteiger partial charge is 0.250 e. The number of benzene rings is 1. The molecule has 2 saturated heterocycles. The van der Waals surface area contributed by atoms with E-state index < -0.39 is 10.0 Å². The Labute approximate surface area is 182 Å². The van der Waals surface area contributed by atoms with Gasteiger partial charge in [-0.05, 0) is 43.4 Å². The molecule has 0 aliphatic carbocycles. The fourth-order valence-electron chi connectivity index (χ4n) is 5.42. The van der Waals surface area contributed by atoms with Crippen LogP contribution in [-0.2, 0) is 21.4 Å². The summed E-state index contributed by atoms with van der Waals surface area (Å²) in [5.41, 5.74) is 1.07. The molecule has 164 valence electrons. The number of sulfonamides is 1. The van der Waals surface area contributed by atoms with Gasteiger partial charge in [0.15, 0.2) is 0 Å². The molecule has 0 radical (unpaired) electrons. The summed E-state index contributed by atoms with van der Waals surface area (Å²) in [7, 11) is -3.51. The Morgan fingerprint density at radius 2 is 1.65 bits per heavy atom. The summed E-state index contributed by atoms with van der Waals surface area (Å²) < 4.78 is 29.1. The number of rotatable bonds is 3. The van der Waals surface area contributed by atoms with Crippen LogP contribution in [0.4, 0.5) is 0 Å². The van der Waals surface area contributed by atoms with Crippen molar-refractivity contribution in [2.24, 2.45) is 11.8 Å². The van der Waals surface area contributed by atoms with Gasteiger partial charge in [0.25, 0.3) is 5.56 Å². The minimum atomic E-state index is -3.51. The third-order valence-electron chi connectivity index (χ3n) is 6.98. The van der Waals surface area contributed by atoms with Crippen LogP contribution in [0.15, 0.2) is 58.2 Å².